The molecule has 118 valence electrons. The summed E-state index contributed by atoms with van der Waals surface area (Å²) in [6, 6.07) is 12.2. The zero-order valence-electron chi connectivity index (χ0n) is 14.3. The van der Waals surface area contributed by atoms with Crippen molar-refractivity contribution in [1.29, 1.82) is 0 Å². The van der Waals surface area contributed by atoms with Crippen molar-refractivity contribution in [1.82, 2.24) is 9.80 Å². The van der Waals surface area contributed by atoms with Gasteiger partial charge in [0, 0.05) is 0 Å². The van der Waals surface area contributed by atoms with E-state index in [4.69, 9.17) is 0 Å². The summed E-state index contributed by atoms with van der Waals surface area (Å²) in [5.41, 5.74) is 2.25. The van der Waals surface area contributed by atoms with E-state index < -0.39 is 8.80 Å². The van der Waals surface area contributed by atoms with E-state index in [0.717, 1.165) is 26.2 Å². The molecule has 0 aliphatic carbocycles. The summed E-state index contributed by atoms with van der Waals surface area (Å²) >= 11 is 0. The Morgan fingerprint density at radius 3 is 1.81 bits per heavy atom. The van der Waals surface area contributed by atoms with Crippen LogP contribution in [0.25, 0.3) is 0 Å². The summed E-state index contributed by atoms with van der Waals surface area (Å²) in [7, 11) is -1.12. The van der Waals surface area contributed by atoms with Gasteiger partial charge in [-0.05, 0) is 32.2 Å². The Morgan fingerprint density at radius 1 is 0.952 bits per heavy atom. The molecule has 0 N–H and O–H groups in total. The van der Waals surface area contributed by atoms with Crippen molar-refractivity contribution in [2.45, 2.75) is 39.9 Å². The van der Waals surface area contributed by atoms with Gasteiger partial charge in [-0.3, -0.25) is 9.80 Å². The molecule has 1 aromatic carbocycles. The number of benzene rings is 1. The van der Waals surface area contributed by atoms with Gasteiger partial charge in [0.1, 0.15) is 0 Å². The lowest BCUT2D eigenvalue weighted by Gasteiger charge is -2.39. The van der Waals surface area contributed by atoms with Crippen LogP contribution in [0.15, 0.2) is 42.6 Å². The molecule has 1 rings (SSSR count). The highest BCUT2D eigenvalue weighted by Gasteiger charge is 2.25. The predicted molar refractivity (Wildman–Crippen MR) is 97.9 cm³/mol. The molecular weight excluding hydrogens is 272 g/mol. The average molecular weight is 305 g/mol. The van der Waals surface area contributed by atoms with E-state index in [1.54, 1.807) is 0 Å². The van der Waals surface area contributed by atoms with Crippen molar-refractivity contribution in [3.05, 3.63) is 42.6 Å². The molecule has 0 saturated heterocycles. The second kappa shape index (κ2) is 9.93. The number of nitrogens with zero attached hydrogens (tertiary/aromatic N) is 2. The highest BCUT2D eigenvalue weighted by Crippen LogP contribution is 2.14. The standard InChI is InChI=1S/C18H32N2Si/c1-6-19(7-2)18(20(8-3)9-4)16-21(10-5)17-14-12-11-13-15-17/h10-15,18,21H,5-9,16H2,1-4H3. The van der Waals surface area contributed by atoms with E-state index >= 15 is 0 Å². The Kier molecular flexibility index (Phi) is 8.58. The van der Waals surface area contributed by atoms with Crippen molar-refractivity contribution in [3.63, 3.8) is 0 Å². The first-order valence-electron chi connectivity index (χ1n) is 8.37. The SMILES string of the molecule is C=C[SiH](CC(N(CC)CC)N(CC)CC)c1ccccc1. The minimum absolute atomic E-state index is 0.546. The fourth-order valence-electron chi connectivity index (χ4n) is 3.12. The first kappa shape index (κ1) is 18.1. The number of hydrogen-bond donors (Lipinski definition) is 0. The molecule has 0 aliphatic rings. The first-order chi connectivity index (χ1) is 10.2. The zero-order chi connectivity index (χ0) is 15.7. The average Bonchev–Trinajstić information content (AvgIpc) is 2.54. The van der Waals surface area contributed by atoms with Gasteiger partial charge in [0.25, 0.3) is 0 Å². The van der Waals surface area contributed by atoms with E-state index in [1.807, 2.05) is 0 Å². The summed E-state index contributed by atoms with van der Waals surface area (Å²) in [5.74, 6) is 0. The molecule has 0 radical (unpaired) electrons. The van der Waals surface area contributed by atoms with E-state index in [2.05, 4.69) is 80.1 Å². The van der Waals surface area contributed by atoms with Crippen LogP contribution in [-0.2, 0) is 0 Å². The molecule has 1 atom stereocenters. The van der Waals surface area contributed by atoms with E-state index in [1.165, 1.54) is 11.2 Å². The van der Waals surface area contributed by atoms with Crippen LogP contribution >= 0.6 is 0 Å². The summed E-state index contributed by atoms with van der Waals surface area (Å²) in [6.45, 7) is 17.7. The highest BCUT2D eigenvalue weighted by molar-refractivity contribution is 6.77. The van der Waals surface area contributed by atoms with Gasteiger partial charge >= 0.3 is 0 Å². The lowest BCUT2D eigenvalue weighted by Crippen LogP contribution is -2.51. The van der Waals surface area contributed by atoms with Gasteiger partial charge in [-0.25, -0.2) is 0 Å². The molecule has 0 heterocycles. The van der Waals surface area contributed by atoms with Crippen molar-refractivity contribution in [2.24, 2.45) is 0 Å². The number of hydrogen-bond acceptors (Lipinski definition) is 2. The Morgan fingerprint density at radius 2 is 1.43 bits per heavy atom. The fourth-order valence-corrected chi connectivity index (χ4v) is 5.62. The molecule has 0 amide bonds. The smallest absolute Gasteiger partial charge is 0.0962 e. The van der Waals surface area contributed by atoms with Crippen LogP contribution in [-0.4, -0.2) is 50.9 Å². The molecule has 21 heavy (non-hydrogen) atoms. The van der Waals surface area contributed by atoms with Crippen LogP contribution in [0, 0.1) is 0 Å². The van der Waals surface area contributed by atoms with Crippen molar-refractivity contribution in [3.8, 4) is 0 Å². The second-order valence-corrected chi connectivity index (χ2v) is 8.23. The molecule has 0 bridgehead atoms. The summed E-state index contributed by atoms with van der Waals surface area (Å²) in [5, 5.41) is 1.51. The Balaban J connectivity index is 2.94. The Labute approximate surface area is 133 Å². The van der Waals surface area contributed by atoms with Crippen LogP contribution in [0.4, 0.5) is 0 Å². The van der Waals surface area contributed by atoms with Gasteiger partial charge in [0.15, 0.2) is 0 Å². The highest BCUT2D eigenvalue weighted by atomic mass is 28.3. The van der Waals surface area contributed by atoms with E-state index in [9.17, 15) is 0 Å². The minimum Gasteiger partial charge on any atom is -0.289 e. The second-order valence-electron chi connectivity index (χ2n) is 5.41. The van der Waals surface area contributed by atoms with Gasteiger partial charge in [0.05, 0.1) is 15.0 Å². The summed E-state index contributed by atoms with van der Waals surface area (Å²) < 4.78 is 0. The lowest BCUT2D eigenvalue weighted by molar-refractivity contribution is 0.0709. The van der Waals surface area contributed by atoms with Crippen molar-refractivity contribution in [2.75, 3.05) is 26.2 Å². The molecule has 1 unspecified atom stereocenters. The first-order valence-corrected chi connectivity index (χ1v) is 10.4. The maximum atomic E-state index is 4.14. The molecule has 0 aliphatic heterocycles. The van der Waals surface area contributed by atoms with Gasteiger partial charge in [-0.2, -0.15) is 0 Å². The van der Waals surface area contributed by atoms with E-state index in [-0.39, 0.29) is 0 Å². The van der Waals surface area contributed by atoms with Gasteiger partial charge < -0.3 is 0 Å². The van der Waals surface area contributed by atoms with Crippen LogP contribution in [0.2, 0.25) is 6.04 Å². The number of rotatable bonds is 10. The largest absolute Gasteiger partial charge is 0.289 e. The summed E-state index contributed by atoms with van der Waals surface area (Å²) in [6.07, 6.45) is 0.546. The maximum absolute atomic E-state index is 4.14. The van der Waals surface area contributed by atoms with Crippen LogP contribution < -0.4 is 5.19 Å². The zero-order valence-corrected chi connectivity index (χ0v) is 15.4. The Hall–Kier alpha value is -0.903. The van der Waals surface area contributed by atoms with Gasteiger partial charge in [0.2, 0.25) is 0 Å². The topological polar surface area (TPSA) is 6.48 Å². The molecule has 2 nitrogen and oxygen atoms in total. The van der Waals surface area contributed by atoms with Crippen molar-refractivity contribution >= 4 is 14.0 Å². The molecule has 1 aromatic rings. The maximum Gasteiger partial charge on any atom is 0.0962 e. The lowest BCUT2D eigenvalue weighted by atomic mass is 10.3. The minimum atomic E-state index is -1.12. The van der Waals surface area contributed by atoms with Gasteiger partial charge in [-0.15, -0.1) is 6.58 Å². The molecule has 3 heteroatoms. The third-order valence-electron chi connectivity index (χ3n) is 4.44. The normalized spacial score (nSPS) is 13.1. The predicted octanol–water partition coefficient (Wildman–Crippen LogP) is 2.86. The molecule has 0 aromatic heterocycles. The molecule has 0 fully saturated rings. The third-order valence-corrected chi connectivity index (χ3v) is 7.18. The Bertz CT molecular complexity index is 373. The van der Waals surface area contributed by atoms with Crippen molar-refractivity contribution < 1.29 is 0 Å². The monoisotopic (exact) mass is 304 g/mol. The van der Waals surface area contributed by atoms with E-state index in [0.29, 0.717) is 6.17 Å². The molecular formula is C18H32N2Si. The third kappa shape index (κ3) is 5.10. The van der Waals surface area contributed by atoms with Crippen LogP contribution in [0.5, 0.6) is 0 Å². The fraction of sp³-hybridized carbons (Fsp3) is 0.556. The molecule has 0 spiro atoms. The quantitative estimate of drug-likeness (QED) is 0.484. The van der Waals surface area contributed by atoms with Crippen LogP contribution in [0.1, 0.15) is 27.7 Å². The van der Waals surface area contributed by atoms with Crippen LogP contribution in [0.3, 0.4) is 0 Å². The molecule has 0 saturated carbocycles. The van der Waals surface area contributed by atoms with Gasteiger partial charge in [-0.1, -0.05) is 68.9 Å². The summed E-state index contributed by atoms with van der Waals surface area (Å²) in [4.78, 5) is 5.19.